The number of unbranched alkanes of at least 4 members (excludes halogenated alkanes) is 4. The molecule has 0 heterocycles. The summed E-state index contributed by atoms with van der Waals surface area (Å²) in [6.45, 7) is 0. The summed E-state index contributed by atoms with van der Waals surface area (Å²) in [7, 11) is 0. The molecule has 0 saturated carbocycles. The molecule has 0 aromatic carbocycles. The van der Waals surface area contributed by atoms with Gasteiger partial charge >= 0.3 is 11.9 Å². The second-order valence-electron chi connectivity index (χ2n) is 3.67. The summed E-state index contributed by atoms with van der Waals surface area (Å²) in [6, 6.07) is 0. The van der Waals surface area contributed by atoms with Gasteiger partial charge in [-0.1, -0.05) is 57.5 Å². The van der Waals surface area contributed by atoms with Gasteiger partial charge in [-0.25, -0.2) is 4.79 Å². The summed E-state index contributed by atoms with van der Waals surface area (Å²) in [5, 5.41) is 17.2. The van der Waals surface area contributed by atoms with Crippen LogP contribution in [-0.4, -0.2) is 25.4 Å². The van der Waals surface area contributed by atoms with E-state index < -0.39 is 15.2 Å². The monoisotopic (exact) mass is 358 g/mol. The summed E-state index contributed by atoms with van der Waals surface area (Å²) in [6.07, 6.45) is 4.99. The van der Waals surface area contributed by atoms with E-state index in [4.69, 9.17) is 10.2 Å². The molecule has 0 fully saturated rings. The highest BCUT2D eigenvalue weighted by Crippen LogP contribution is 2.32. The number of aliphatic carboxylic acids is 2. The van der Waals surface area contributed by atoms with Crippen molar-refractivity contribution in [3.63, 3.8) is 0 Å². The standard InChI is InChI=1S/C10H16Br2O4/c11-10(12,9(15)16)7-5-3-1-2-4-6-8(13)14/h1-7H2,(H,13,14)(H,15,16). The van der Waals surface area contributed by atoms with E-state index in [1.54, 1.807) is 0 Å². The van der Waals surface area contributed by atoms with Gasteiger partial charge in [0.25, 0.3) is 0 Å². The van der Waals surface area contributed by atoms with Gasteiger partial charge in [0.15, 0.2) is 3.23 Å². The first-order valence-electron chi connectivity index (χ1n) is 5.19. The average Bonchev–Trinajstić information content (AvgIpc) is 2.15. The third kappa shape index (κ3) is 8.10. The minimum Gasteiger partial charge on any atom is -0.481 e. The Balaban J connectivity index is 3.40. The predicted octanol–water partition coefficient (Wildman–Crippen LogP) is 3.37. The molecule has 0 aliphatic rings. The van der Waals surface area contributed by atoms with Crippen LogP contribution in [0.15, 0.2) is 0 Å². The minimum atomic E-state index is -1.01. The Bertz CT molecular complexity index is 241. The van der Waals surface area contributed by atoms with Crippen molar-refractivity contribution in [3.05, 3.63) is 0 Å². The van der Waals surface area contributed by atoms with Crippen LogP contribution in [0.2, 0.25) is 0 Å². The highest BCUT2D eigenvalue weighted by atomic mass is 79.9. The summed E-state index contributed by atoms with van der Waals surface area (Å²) in [5.74, 6) is -1.68. The van der Waals surface area contributed by atoms with E-state index in [1.165, 1.54) is 0 Å². The lowest BCUT2D eigenvalue weighted by Crippen LogP contribution is -2.23. The Morgan fingerprint density at radius 2 is 1.44 bits per heavy atom. The van der Waals surface area contributed by atoms with Crippen LogP contribution in [0.5, 0.6) is 0 Å². The number of hydrogen-bond acceptors (Lipinski definition) is 2. The normalized spacial score (nSPS) is 11.4. The zero-order valence-corrected chi connectivity index (χ0v) is 12.1. The molecule has 0 aliphatic carbocycles. The molecule has 0 aromatic rings. The third-order valence-corrected chi connectivity index (χ3v) is 3.67. The van der Waals surface area contributed by atoms with Crippen LogP contribution in [0, 0.1) is 0 Å². The van der Waals surface area contributed by atoms with Crippen molar-refractivity contribution in [2.45, 2.75) is 48.2 Å². The maximum Gasteiger partial charge on any atom is 0.331 e. The van der Waals surface area contributed by atoms with Crippen molar-refractivity contribution in [1.82, 2.24) is 0 Å². The molecule has 16 heavy (non-hydrogen) atoms. The number of carbonyl (C=O) groups is 2. The lowest BCUT2D eigenvalue weighted by molar-refractivity contribution is -0.138. The Labute approximate surface area is 112 Å². The Morgan fingerprint density at radius 3 is 1.94 bits per heavy atom. The topological polar surface area (TPSA) is 74.6 Å². The van der Waals surface area contributed by atoms with Crippen LogP contribution in [0.4, 0.5) is 0 Å². The van der Waals surface area contributed by atoms with Gasteiger partial charge in [-0.15, -0.1) is 0 Å². The maximum absolute atomic E-state index is 10.7. The summed E-state index contributed by atoms with van der Waals surface area (Å²) in [5.41, 5.74) is 0. The second-order valence-corrected chi connectivity index (χ2v) is 7.44. The number of alkyl halides is 2. The summed E-state index contributed by atoms with van der Waals surface area (Å²) in [4.78, 5) is 20.9. The van der Waals surface area contributed by atoms with Gasteiger partial charge in [0.05, 0.1) is 0 Å². The predicted molar refractivity (Wildman–Crippen MR) is 68.2 cm³/mol. The summed E-state index contributed by atoms with van der Waals surface area (Å²) < 4.78 is -1.01. The Morgan fingerprint density at radius 1 is 0.938 bits per heavy atom. The molecule has 0 aliphatic heterocycles. The number of carboxylic acids is 2. The fourth-order valence-electron chi connectivity index (χ4n) is 1.26. The molecule has 0 radical (unpaired) electrons. The SMILES string of the molecule is O=C(O)CCCCCCCC(Br)(Br)C(=O)O. The molecule has 0 amide bonds. The van der Waals surface area contributed by atoms with Gasteiger partial charge in [0, 0.05) is 6.42 Å². The smallest absolute Gasteiger partial charge is 0.331 e. The van der Waals surface area contributed by atoms with Crippen LogP contribution in [-0.2, 0) is 9.59 Å². The molecule has 4 nitrogen and oxygen atoms in total. The van der Waals surface area contributed by atoms with Gasteiger partial charge in [-0.05, 0) is 12.8 Å². The largest absolute Gasteiger partial charge is 0.481 e. The molecule has 6 heteroatoms. The number of halogens is 2. The quantitative estimate of drug-likeness (QED) is 0.489. The first-order chi connectivity index (χ1) is 7.36. The van der Waals surface area contributed by atoms with Crippen molar-refractivity contribution >= 4 is 43.8 Å². The Hall–Kier alpha value is -0.100. The van der Waals surface area contributed by atoms with Gasteiger partial charge in [0.1, 0.15) is 0 Å². The van der Waals surface area contributed by atoms with E-state index in [2.05, 4.69) is 31.9 Å². The third-order valence-electron chi connectivity index (χ3n) is 2.19. The van der Waals surface area contributed by atoms with Crippen LogP contribution in [0.1, 0.15) is 44.9 Å². The number of hydrogen-bond donors (Lipinski definition) is 2. The molecule has 0 saturated heterocycles. The van der Waals surface area contributed by atoms with Crippen molar-refractivity contribution in [3.8, 4) is 0 Å². The fourth-order valence-corrected chi connectivity index (χ4v) is 1.82. The van der Waals surface area contributed by atoms with Gasteiger partial charge in [0.2, 0.25) is 0 Å². The molecule has 2 N–H and O–H groups in total. The molecular formula is C10H16Br2O4. The van der Waals surface area contributed by atoms with Crippen LogP contribution in [0.3, 0.4) is 0 Å². The summed E-state index contributed by atoms with van der Waals surface area (Å²) >= 11 is 6.18. The van der Waals surface area contributed by atoms with Crippen molar-refractivity contribution < 1.29 is 19.8 Å². The zero-order valence-electron chi connectivity index (χ0n) is 8.92. The van der Waals surface area contributed by atoms with Crippen LogP contribution < -0.4 is 0 Å². The highest BCUT2D eigenvalue weighted by molar-refractivity contribution is 9.25. The van der Waals surface area contributed by atoms with Crippen molar-refractivity contribution in [2.75, 3.05) is 0 Å². The van der Waals surface area contributed by atoms with Crippen LogP contribution in [0.25, 0.3) is 0 Å². The molecule has 0 aromatic heterocycles. The zero-order chi connectivity index (χ0) is 12.6. The van der Waals surface area contributed by atoms with Crippen molar-refractivity contribution in [1.29, 1.82) is 0 Å². The van der Waals surface area contributed by atoms with Gasteiger partial charge < -0.3 is 10.2 Å². The van der Waals surface area contributed by atoms with E-state index in [-0.39, 0.29) is 6.42 Å². The number of rotatable bonds is 9. The van der Waals surface area contributed by atoms with E-state index in [0.717, 1.165) is 25.7 Å². The molecule has 0 spiro atoms. The lowest BCUT2D eigenvalue weighted by Gasteiger charge is -2.14. The van der Waals surface area contributed by atoms with Crippen LogP contribution >= 0.6 is 31.9 Å². The molecule has 0 rings (SSSR count). The fraction of sp³-hybridized carbons (Fsp3) is 0.800. The van der Waals surface area contributed by atoms with E-state index >= 15 is 0 Å². The van der Waals surface area contributed by atoms with Gasteiger partial charge in [-0.3, -0.25) is 4.79 Å². The first kappa shape index (κ1) is 15.9. The van der Waals surface area contributed by atoms with E-state index in [9.17, 15) is 9.59 Å². The Kier molecular flexibility index (Phi) is 8.01. The second kappa shape index (κ2) is 8.06. The number of carboxylic acid groups (broad SMARTS) is 2. The van der Waals surface area contributed by atoms with E-state index in [1.807, 2.05) is 0 Å². The minimum absolute atomic E-state index is 0.218. The molecule has 0 bridgehead atoms. The molecule has 0 unspecified atom stereocenters. The molecule has 94 valence electrons. The molecule has 0 atom stereocenters. The maximum atomic E-state index is 10.7. The lowest BCUT2D eigenvalue weighted by atomic mass is 10.1. The average molecular weight is 360 g/mol. The molecular weight excluding hydrogens is 344 g/mol. The highest BCUT2D eigenvalue weighted by Gasteiger charge is 2.30. The van der Waals surface area contributed by atoms with Gasteiger partial charge in [-0.2, -0.15) is 0 Å². The van der Waals surface area contributed by atoms with E-state index in [0.29, 0.717) is 12.8 Å². The van der Waals surface area contributed by atoms with Crippen molar-refractivity contribution in [2.24, 2.45) is 0 Å². The first-order valence-corrected chi connectivity index (χ1v) is 6.78.